The fourth-order valence-corrected chi connectivity index (χ4v) is 12.2. The average Bonchev–Trinajstić information content (AvgIpc) is 3.73. The van der Waals surface area contributed by atoms with Crippen LogP contribution in [0.3, 0.4) is 0 Å². The largest absolute Gasteiger partial charge is 0.496 e. The first-order chi connectivity index (χ1) is 22.9. The maximum atomic E-state index is 6.28. The van der Waals surface area contributed by atoms with Gasteiger partial charge in [-0.05, 0) is 127 Å². The molecule has 0 fully saturated rings. The van der Waals surface area contributed by atoms with Crippen LogP contribution >= 0.6 is 45.3 Å². The summed E-state index contributed by atoms with van der Waals surface area (Å²) in [7, 11) is 3.47. The lowest BCUT2D eigenvalue weighted by Crippen LogP contribution is -2.07. The highest BCUT2D eigenvalue weighted by atomic mass is 32.1. The predicted molar refractivity (Wildman–Crippen MR) is 210 cm³/mol. The fourth-order valence-electron chi connectivity index (χ4n) is 6.20. The number of rotatable bonds is 10. The van der Waals surface area contributed by atoms with Gasteiger partial charge in [-0.3, -0.25) is 0 Å². The zero-order valence-electron chi connectivity index (χ0n) is 29.9. The number of methoxy groups -OCH3 is 2. The Balaban J connectivity index is 1.46. The van der Waals surface area contributed by atoms with Crippen molar-refractivity contribution in [1.29, 1.82) is 0 Å². The lowest BCUT2D eigenvalue weighted by molar-refractivity contribution is 0.242. The molecule has 4 heterocycles. The van der Waals surface area contributed by atoms with E-state index in [0.29, 0.717) is 0 Å². The van der Waals surface area contributed by atoms with Gasteiger partial charge >= 0.3 is 0 Å². The van der Waals surface area contributed by atoms with Gasteiger partial charge in [0.15, 0.2) is 0 Å². The van der Waals surface area contributed by atoms with E-state index in [0.717, 1.165) is 34.1 Å². The van der Waals surface area contributed by atoms with Crippen molar-refractivity contribution in [3.63, 3.8) is 0 Å². The van der Waals surface area contributed by atoms with Crippen LogP contribution in [0, 0.1) is 41.5 Å². The Labute approximate surface area is 300 Å². The first kappa shape index (κ1) is 34.6. The smallest absolute Gasteiger partial charge is 0.132 e. The highest BCUT2D eigenvalue weighted by Gasteiger charge is 2.28. The lowest BCUT2D eigenvalue weighted by Gasteiger charge is -2.16. The molecule has 0 bridgehead atoms. The highest BCUT2D eigenvalue weighted by molar-refractivity contribution is 7.34. The van der Waals surface area contributed by atoms with E-state index >= 15 is 0 Å². The van der Waals surface area contributed by atoms with Crippen molar-refractivity contribution in [2.24, 2.45) is 0 Å². The van der Waals surface area contributed by atoms with Gasteiger partial charge in [0, 0.05) is 38.7 Å². The molecule has 0 radical (unpaired) electrons. The number of fused-ring (bicyclic) bond motifs is 1. The molecule has 0 saturated heterocycles. The van der Waals surface area contributed by atoms with E-state index in [-0.39, 0.29) is 12.2 Å². The molecule has 48 heavy (non-hydrogen) atoms. The summed E-state index contributed by atoms with van der Waals surface area (Å²) in [5.41, 5.74) is 9.97. The summed E-state index contributed by atoms with van der Waals surface area (Å²) in [5, 5.41) is 0. The zero-order valence-corrected chi connectivity index (χ0v) is 33.2. The summed E-state index contributed by atoms with van der Waals surface area (Å²) in [6.45, 7) is 21.8. The van der Waals surface area contributed by atoms with Gasteiger partial charge in [0.1, 0.15) is 23.0 Å². The van der Waals surface area contributed by atoms with Crippen molar-refractivity contribution < 1.29 is 18.9 Å². The number of ether oxygens (including phenoxy) is 4. The number of thiophene rings is 4. The van der Waals surface area contributed by atoms with Gasteiger partial charge < -0.3 is 18.9 Å². The third kappa shape index (κ3) is 5.85. The van der Waals surface area contributed by atoms with Crippen molar-refractivity contribution in [2.75, 3.05) is 14.2 Å². The van der Waals surface area contributed by atoms with Crippen molar-refractivity contribution in [3.05, 3.63) is 69.8 Å². The van der Waals surface area contributed by atoms with Gasteiger partial charge in [-0.15, -0.1) is 45.3 Å². The van der Waals surface area contributed by atoms with Crippen LogP contribution in [0.5, 0.6) is 23.0 Å². The fraction of sp³-hybridized carbons (Fsp3) is 0.350. The van der Waals surface area contributed by atoms with Crippen LogP contribution in [0.25, 0.3) is 49.8 Å². The van der Waals surface area contributed by atoms with Gasteiger partial charge in [0.25, 0.3) is 0 Å². The molecule has 8 heteroatoms. The molecule has 252 valence electrons. The van der Waals surface area contributed by atoms with Crippen molar-refractivity contribution in [1.82, 2.24) is 0 Å². The lowest BCUT2D eigenvalue weighted by atomic mass is 10.0. The minimum absolute atomic E-state index is 0.0668. The summed E-state index contributed by atoms with van der Waals surface area (Å²) < 4.78 is 27.1. The third-order valence-electron chi connectivity index (χ3n) is 8.88. The molecule has 0 aliphatic carbocycles. The monoisotopic (exact) mass is 716 g/mol. The Kier molecular flexibility index (Phi) is 9.75. The van der Waals surface area contributed by atoms with Crippen LogP contribution in [0.1, 0.15) is 61.1 Å². The van der Waals surface area contributed by atoms with E-state index in [4.69, 9.17) is 18.9 Å². The molecule has 0 spiro atoms. The van der Waals surface area contributed by atoms with Gasteiger partial charge in [-0.2, -0.15) is 0 Å². The molecular weight excluding hydrogens is 673 g/mol. The van der Waals surface area contributed by atoms with E-state index in [9.17, 15) is 0 Å². The summed E-state index contributed by atoms with van der Waals surface area (Å²) in [6, 6.07) is 12.2. The molecule has 0 saturated carbocycles. The molecule has 0 N–H and O–H groups in total. The van der Waals surface area contributed by atoms with Crippen LogP contribution in [0.15, 0.2) is 36.4 Å². The molecule has 6 aromatic rings. The number of hydrogen-bond acceptors (Lipinski definition) is 8. The van der Waals surface area contributed by atoms with Gasteiger partial charge in [-0.1, -0.05) is 12.1 Å². The molecule has 2 aromatic carbocycles. The Morgan fingerprint density at radius 1 is 0.417 bits per heavy atom. The molecular formula is C40H44O4S4. The van der Waals surface area contributed by atoms with Crippen LogP contribution in [-0.2, 0) is 0 Å². The van der Waals surface area contributed by atoms with E-state index in [1.165, 1.54) is 72.0 Å². The molecule has 4 nitrogen and oxygen atoms in total. The normalized spacial score (nSPS) is 11.7. The van der Waals surface area contributed by atoms with E-state index in [2.05, 4.69) is 81.4 Å². The second kappa shape index (κ2) is 13.5. The second-order valence-electron chi connectivity index (χ2n) is 12.8. The number of hydrogen-bond donors (Lipinski definition) is 0. The number of aryl methyl sites for hydroxylation is 2. The van der Waals surface area contributed by atoms with E-state index in [1.807, 2.05) is 69.6 Å². The van der Waals surface area contributed by atoms with Crippen LogP contribution in [0.2, 0.25) is 0 Å². The third-order valence-corrected chi connectivity index (χ3v) is 15.0. The van der Waals surface area contributed by atoms with Crippen molar-refractivity contribution >= 4 is 54.7 Å². The minimum atomic E-state index is 0.0668. The van der Waals surface area contributed by atoms with Crippen molar-refractivity contribution in [3.8, 4) is 63.4 Å². The Morgan fingerprint density at radius 2 is 0.729 bits per heavy atom. The molecule has 0 amide bonds. The SMILES string of the molecule is COc1cccc(OC(C)C)c1-c1sc(-c2sc3c(C)c(-c4sc(-c5c(OC)cccc5OC(C)C)c(C)c4C)sc3c2C)c(C)c1C. The van der Waals surface area contributed by atoms with Gasteiger partial charge in [0.05, 0.1) is 37.6 Å². The first-order valence-electron chi connectivity index (χ1n) is 16.3. The molecule has 0 unspecified atom stereocenters. The average molecular weight is 717 g/mol. The topological polar surface area (TPSA) is 36.9 Å². The zero-order chi connectivity index (χ0) is 34.6. The highest BCUT2D eigenvalue weighted by Crippen LogP contribution is 2.56. The Bertz CT molecular complexity index is 1980. The Morgan fingerprint density at radius 3 is 1.06 bits per heavy atom. The minimum Gasteiger partial charge on any atom is -0.496 e. The summed E-state index contributed by atoms with van der Waals surface area (Å²) in [4.78, 5) is 7.78. The van der Waals surface area contributed by atoms with Gasteiger partial charge in [-0.25, -0.2) is 0 Å². The predicted octanol–water partition coefficient (Wildman–Crippen LogP) is 13.2. The van der Waals surface area contributed by atoms with Crippen LogP contribution in [0.4, 0.5) is 0 Å². The van der Waals surface area contributed by atoms with E-state index in [1.54, 1.807) is 14.2 Å². The maximum Gasteiger partial charge on any atom is 0.132 e. The summed E-state index contributed by atoms with van der Waals surface area (Å²) in [5.74, 6) is 3.40. The number of benzene rings is 2. The quantitative estimate of drug-likeness (QED) is 0.141. The molecule has 0 aliphatic heterocycles. The summed E-state index contributed by atoms with van der Waals surface area (Å²) >= 11 is 7.55. The van der Waals surface area contributed by atoms with Crippen LogP contribution in [-0.4, -0.2) is 26.4 Å². The maximum absolute atomic E-state index is 6.28. The molecule has 0 atom stereocenters. The standard InChI is InChI=1S/C40H44O4S4/c1-19(2)43-29-17-13-15-27(41-11)31(29)33-21(5)23(7)35(45-33)37-25(9)39-40(47-37)26(10)38(48-39)36-24(8)22(6)34(46-36)32-28(42-12)16-14-18-30(32)44-20(3)4/h13-20H,1-12H3. The van der Waals surface area contributed by atoms with Gasteiger partial charge in [0.2, 0.25) is 0 Å². The molecule has 4 aromatic heterocycles. The molecule has 6 rings (SSSR count). The van der Waals surface area contributed by atoms with Crippen molar-refractivity contribution in [2.45, 2.75) is 81.4 Å². The summed E-state index contributed by atoms with van der Waals surface area (Å²) in [6.07, 6.45) is 0.134. The first-order valence-corrected chi connectivity index (χ1v) is 19.6. The van der Waals surface area contributed by atoms with E-state index < -0.39 is 0 Å². The Hall–Kier alpha value is -3.30. The molecule has 0 aliphatic rings. The van der Waals surface area contributed by atoms with Crippen LogP contribution < -0.4 is 18.9 Å². The second-order valence-corrected chi connectivity index (χ2v) is 16.9.